The zero-order valence-corrected chi connectivity index (χ0v) is 11.6. The molecule has 1 aliphatic rings. The average molecular weight is 322 g/mol. The molecule has 19 heavy (non-hydrogen) atoms. The predicted octanol–water partition coefficient (Wildman–Crippen LogP) is 3.50. The first-order valence-corrected chi connectivity index (χ1v) is 6.62. The molecule has 1 aliphatic heterocycles. The summed E-state index contributed by atoms with van der Waals surface area (Å²) >= 11 is 3.52. The van der Waals surface area contributed by atoms with Gasteiger partial charge in [0.05, 0.1) is 0 Å². The highest BCUT2D eigenvalue weighted by atomic mass is 79.9. The third kappa shape index (κ3) is 2.61. The molecular weight excluding hydrogens is 310 g/mol. The molecule has 4 nitrogen and oxygen atoms in total. The molecule has 2 aromatic carbocycles. The van der Waals surface area contributed by atoms with E-state index in [0.717, 1.165) is 27.2 Å². The van der Waals surface area contributed by atoms with Gasteiger partial charge in [0.15, 0.2) is 11.5 Å². The summed E-state index contributed by atoms with van der Waals surface area (Å²) in [4.78, 5) is 0. The Hall–Kier alpha value is -1.88. The van der Waals surface area contributed by atoms with Crippen LogP contribution in [0, 0.1) is 0 Å². The second-order valence-corrected chi connectivity index (χ2v) is 5.05. The molecule has 0 amide bonds. The quantitative estimate of drug-likeness (QED) is 0.849. The lowest BCUT2D eigenvalue weighted by molar-refractivity contribution is 0.174. The van der Waals surface area contributed by atoms with E-state index in [1.54, 1.807) is 12.1 Å². The van der Waals surface area contributed by atoms with Gasteiger partial charge in [-0.05, 0) is 42.0 Å². The molecule has 0 saturated carbocycles. The van der Waals surface area contributed by atoms with Gasteiger partial charge < -0.3 is 19.9 Å². The van der Waals surface area contributed by atoms with Gasteiger partial charge in [-0.2, -0.15) is 0 Å². The number of rotatable bonds is 3. The van der Waals surface area contributed by atoms with Crippen LogP contribution in [0.4, 0.5) is 5.69 Å². The van der Waals surface area contributed by atoms with Crippen LogP contribution in [0.1, 0.15) is 5.56 Å². The fraction of sp³-hybridized carbons (Fsp3) is 0.143. The molecule has 5 heteroatoms. The topological polar surface area (TPSA) is 50.7 Å². The summed E-state index contributed by atoms with van der Waals surface area (Å²) < 4.78 is 11.6. The first-order valence-electron chi connectivity index (χ1n) is 5.83. The molecule has 3 rings (SSSR count). The van der Waals surface area contributed by atoms with Crippen LogP contribution in [0.2, 0.25) is 0 Å². The second-order valence-electron chi connectivity index (χ2n) is 4.20. The Bertz CT molecular complexity index is 598. The van der Waals surface area contributed by atoms with Gasteiger partial charge >= 0.3 is 0 Å². The number of aromatic hydroxyl groups is 1. The van der Waals surface area contributed by atoms with Gasteiger partial charge in [0.1, 0.15) is 5.75 Å². The van der Waals surface area contributed by atoms with Crippen molar-refractivity contribution < 1.29 is 14.6 Å². The third-order valence-electron chi connectivity index (χ3n) is 2.89. The van der Waals surface area contributed by atoms with E-state index in [1.165, 1.54) is 0 Å². The molecule has 0 spiro atoms. The lowest BCUT2D eigenvalue weighted by Crippen LogP contribution is -2.00. The van der Waals surface area contributed by atoms with Gasteiger partial charge in [-0.15, -0.1) is 0 Å². The van der Waals surface area contributed by atoms with E-state index in [2.05, 4.69) is 21.2 Å². The van der Waals surface area contributed by atoms with Crippen LogP contribution in [0.5, 0.6) is 17.2 Å². The van der Waals surface area contributed by atoms with Crippen molar-refractivity contribution in [2.75, 3.05) is 12.1 Å². The van der Waals surface area contributed by atoms with E-state index in [1.807, 2.05) is 24.3 Å². The molecule has 98 valence electrons. The van der Waals surface area contributed by atoms with Crippen LogP contribution in [0.3, 0.4) is 0 Å². The lowest BCUT2D eigenvalue weighted by Gasteiger charge is -2.09. The maximum Gasteiger partial charge on any atom is 0.231 e. The van der Waals surface area contributed by atoms with Crippen LogP contribution in [-0.2, 0) is 6.54 Å². The monoisotopic (exact) mass is 321 g/mol. The van der Waals surface area contributed by atoms with Crippen molar-refractivity contribution >= 4 is 21.6 Å². The SMILES string of the molecule is Oc1ccc(NCc2cc3c(cc2Br)OCO3)cc1. The Kier molecular flexibility index (Phi) is 3.21. The van der Waals surface area contributed by atoms with E-state index in [9.17, 15) is 5.11 Å². The number of fused-ring (bicyclic) bond motifs is 1. The number of benzene rings is 2. The number of hydrogen-bond acceptors (Lipinski definition) is 4. The molecule has 0 aliphatic carbocycles. The molecule has 0 aromatic heterocycles. The van der Waals surface area contributed by atoms with Crippen molar-refractivity contribution in [3.05, 3.63) is 46.4 Å². The molecule has 0 atom stereocenters. The van der Waals surface area contributed by atoms with Crippen molar-refractivity contribution in [1.82, 2.24) is 0 Å². The van der Waals surface area contributed by atoms with Crippen molar-refractivity contribution in [2.24, 2.45) is 0 Å². The fourth-order valence-corrected chi connectivity index (χ4v) is 2.33. The predicted molar refractivity (Wildman–Crippen MR) is 75.7 cm³/mol. The summed E-state index contributed by atoms with van der Waals surface area (Å²) in [7, 11) is 0. The van der Waals surface area contributed by atoms with E-state index in [-0.39, 0.29) is 12.5 Å². The highest BCUT2D eigenvalue weighted by molar-refractivity contribution is 9.10. The smallest absolute Gasteiger partial charge is 0.231 e. The minimum absolute atomic E-state index is 0.259. The second kappa shape index (κ2) is 5.01. The average Bonchev–Trinajstić information content (AvgIpc) is 2.85. The number of phenolic OH excluding ortho intramolecular Hbond substituents is 1. The molecule has 0 unspecified atom stereocenters. The molecule has 2 N–H and O–H groups in total. The van der Waals surface area contributed by atoms with Crippen molar-refractivity contribution in [2.45, 2.75) is 6.54 Å². The summed E-state index contributed by atoms with van der Waals surface area (Å²) in [6.07, 6.45) is 0. The largest absolute Gasteiger partial charge is 0.508 e. The Morgan fingerprint density at radius 3 is 2.53 bits per heavy atom. The molecule has 0 fully saturated rings. The summed E-state index contributed by atoms with van der Waals surface area (Å²) in [5.41, 5.74) is 2.03. The van der Waals surface area contributed by atoms with Crippen molar-refractivity contribution in [3.8, 4) is 17.2 Å². The van der Waals surface area contributed by atoms with Gasteiger partial charge in [-0.25, -0.2) is 0 Å². The Morgan fingerprint density at radius 2 is 1.79 bits per heavy atom. The van der Waals surface area contributed by atoms with Gasteiger partial charge in [-0.3, -0.25) is 0 Å². The first kappa shape index (κ1) is 12.2. The van der Waals surface area contributed by atoms with Gasteiger partial charge in [0, 0.05) is 16.7 Å². The summed E-state index contributed by atoms with van der Waals surface area (Å²) in [5, 5.41) is 12.5. The Labute approximate surface area is 119 Å². The number of anilines is 1. The fourth-order valence-electron chi connectivity index (χ4n) is 1.87. The first-order chi connectivity index (χ1) is 9.22. The maximum atomic E-state index is 9.23. The van der Waals surface area contributed by atoms with Gasteiger partial charge in [-0.1, -0.05) is 15.9 Å². The maximum absolute atomic E-state index is 9.23. The highest BCUT2D eigenvalue weighted by Gasteiger charge is 2.16. The number of hydrogen-bond donors (Lipinski definition) is 2. The highest BCUT2D eigenvalue weighted by Crippen LogP contribution is 2.37. The van der Waals surface area contributed by atoms with Gasteiger partial charge in [0.25, 0.3) is 0 Å². The molecule has 0 saturated heterocycles. The minimum Gasteiger partial charge on any atom is -0.508 e. The minimum atomic E-state index is 0.259. The van der Waals surface area contributed by atoms with Crippen LogP contribution in [-0.4, -0.2) is 11.9 Å². The molecule has 0 radical (unpaired) electrons. The Morgan fingerprint density at radius 1 is 1.11 bits per heavy atom. The molecule has 2 aromatic rings. The normalized spacial score (nSPS) is 12.5. The summed E-state index contributed by atoms with van der Waals surface area (Å²) in [6.45, 7) is 0.929. The van der Waals surface area contributed by atoms with Crippen LogP contribution < -0.4 is 14.8 Å². The van der Waals surface area contributed by atoms with Crippen molar-refractivity contribution in [3.63, 3.8) is 0 Å². The number of halogens is 1. The Balaban J connectivity index is 1.75. The molecular formula is C14H12BrNO3. The number of phenols is 1. The van der Waals surface area contributed by atoms with Crippen molar-refractivity contribution in [1.29, 1.82) is 0 Å². The van der Waals surface area contributed by atoms with Crippen LogP contribution in [0.15, 0.2) is 40.9 Å². The van der Waals surface area contributed by atoms with Crippen LogP contribution in [0.25, 0.3) is 0 Å². The van der Waals surface area contributed by atoms with Gasteiger partial charge in [0.2, 0.25) is 6.79 Å². The van der Waals surface area contributed by atoms with Crippen LogP contribution >= 0.6 is 15.9 Å². The number of ether oxygens (including phenoxy) is 2. The summed E-state index contributed by atoms with van der Waals surface area (Å²) in [5.74, 6) is 1.79. The van der Waals surface area contributed by atoms with E-state index >= 15 is 0 Å². The summed E-state index contributed by atoms with van der Waals surface area (Å²) in [6, 6.07) is 10.8. The van der Waals surface area contributed by atoms with E-state index in [4.69, 9.17) is 9.47 Å². The molecule has 0 bridgehead atoms. The standard InChI is InChI=1S/C14H12BrNO3/c15-12-6-14-13(18-8-19-14)5-9(12)7-16-10-1-3-11(17)4-2-10/h1-6,16-17H,7-8H2. The zero-order valence-electron chi connectivity index (χ0n) is 10.0. The zero-order chi connectivity index (χ0) is 13.2. The van der Waals surface area contributed by atoms with E-state index in [0.29, 0.717) is 6.54 Å². The molecule has 1 heterocycles. The number of nitrogens with one attached hydrogen (secondary N) is 1. The van der Waals surface area contributed by atoms with E-state index < -0.39 is 0 Å². The third-order valence-corrected chi connectivity index (χ3v) is 3.63. The lowest BCUT2D eigenvalue weighted by atomic mass is 10.2.